The molecule has 1 aromatic carbocycles. The summed E-state index contributed by atoms with van der Waals surface area (Å²) in [4.78, 5) is 27.4. The molecule has 0 aliphatic carbocycles. The number of nitrogens with two attached hydrogens (primary N) is 1. The van der Waals surface area contributed by atoms with E-state index >= 15 is 0 Å². The van der Waals surface area contributed by atoms with E-state index in [1.54, 1.807) is 18.2 Å². The summed E-state index contributed by atoms with van der Waals surface area (Å²) in [5, 5.41) is 12.5. The molecule has 4 N–H and O–H groups in total. The normalized spacial score (nSPS) is 12.0. The lowest BCUT2D eigenvalue weighted by Gasteiger charge is -2.13. The molecule has 0 aliphatic heterocycles. The SMILES string of the molecule is NCCC[C@H](NC(=O)c1ccc2ccccc2n1)C(=O)O. The van der Waals surface area contributed by atoms with Gasteiger partial charge in [0.2, 0.25) is 0 Å². The van der Waals surface area contributed by atoms with Crippen LogP contribution in [0.5, 0.6) is 0 Å². The first-order valence-corrected chi connectivity index (χ1v) is 6.71. The molecule has 6 nitrogen and oxygen atoms in total. The number of para-hydroxylation sites is 1. The Balaban J connectivity index is 2.15. The molecular formula is C15H17N3O3. The predicted octanol–water partition coefficient (Wildman–Crippen LogP) is 1.16. The number of nitrogens with one attached hydrogen (secondary N) is 1. The van der Waals surface area contributed by atoms with E-state index in [1.165, 1.54) is 0 Å². The second-order valence-corrected chi connectivity index (χ2v) is 4.68. The molecule has 2 rings (SSSR count). The van der Waals surface area contributed by atoms with Gasteiger partial charge in [0.05, 0.1) is 5.52 Å². The molecule has 1 atom stereocenters. The number of rotatable bonds is 6. The Bertz CT molecular complexity index is 657. The Kier molecular flexibility index (Phi) is 4.84. The van der Waals surface area contributed by atoms with Crippen molar-refractivity contribution in [2.75, 3.05) is 6.54 Å². The maximum absolute atomic E-state index is 12.1. The highest BCUT2D eigenvalue weighted by Crippen LogP contribution is 2.12. The van der Waals surface area contributed by atoms with E-state index in [-0.39, 0.29) is 5.69 Å². The Hall–Kier alpha value is -2.47. The fraction of sp³-hybridized carbons (Fsp3) is 0.267. The minimum absolute atomic E-state index is 0.202. The van der Waals surface area contributed by atoms with Crippen molar-refractivity contribution >= 4 is 22.8 Å². The number of hydrogen-bond acceptors (Lipinski definition) is 4. The fourth-order valence-electron chi connectivity index (χ4n) is 2.00. The molecule has 0 saturated heterocycles. The fourth-order valence-corrected chi connectivity index (χ4v) is 2.00. The summed E-state index contributed by atoms with van der Waals surface area (Å²) in [6.45, 7) is 0.383. The summed E-state index contributed by atoms with van der Waals surface area (Å²) >= 11 is 0. The van der Waals surface area contributed by atoms with Crippen LogP contribution in [0.3, 0.4) is 0 Å². The Morgan fingerprint density at radius 3 is 2.71 bits per heavy atom. The number of aliphatic carboxylic acids is 1. The highest BCUT2D eigenvalue weighted by Gasteiger charge is 2.20. The Morgan fingerprint density at radius 1 is 1.24 bits per heavy atom. The number of carbonyl (C=O) groups is 2. The van der Waals surface area contributed by atoms with Gasteiger partial charge in [-0.3, -0.25) is 4.79 Å². The van der Waals surface area contributed by atoms with Crippen LogP contribution in [0.4, 0.5) is 0 Å². The number of carboxylic acid groups (broad SMARTS) is 1. The van der Waals surface area contributed by atoms with E-state index < -0.39 is 17.9 Å². The third kappa shape index (κ3) is 3.76. The standard InChI is InChI=1S/C15H17N3O3/c16-9-3-6-13(15(20)21)18-14(19)12-8-7-10-4-1-2-5-11(10)17-12/h1-2,4-5,7-8,13H,3,6,9,16H2,(H,18,19)(H,20,21)/t13-/m0/s1. The minimum atomic E-state index is -1.07. The predicted molar refractivity (Wildman–Crippen MR) is 78.9 cm³/mol. The van der Waals surface area contributed by atoms with Crippen molar-refractivity contribution in [3.8, 4) is 0 Å². The van der Waals surface area contributed by atoms with Crippen molar-refractivity contribution < 1.29 is 14.7 Å². The first kappa shape index (κ1) is 14.9. The summed E-state index contributed by atoms with van der Waals surface area (Å²) in [6.07, 6.45) is 0.827. The summed E-state index contributed by atoms with van der Waals surface area (Å²) in [5.41, 5.74) is 6.26. The molecule has 1 aromatic heterocycles. The van der Waals surface area contributed by atoms with Crippen LogP contribution in [0.15, 0.2) is 36.4 Å². The van der Waals surface area contributed by atoms with E-state index in [4.69, 9.17) is 10.8 Å². The van der Waals surface area contributed by atoms with E-state index in [2.05, 4.69) is 10.3 Å². The van der Waals surface area contributed by atoms with Crippen LogP contribution in [-0.2, 0) is 4.79 Å². The summed E-state index contributed by atoms with van der Waals surface area (Å²) < 4.78 is 0. The third-order valence-electron chi connectivity index (χ3n) is 3.13. The molecule has 1 amide bonds. The largest absolute Gasteiger partial charge is 0.480 e. The molecule has 21 heavy (non-hydrogen) atoms. The summed E-state index contributed by atoms with van der Waals surface area (Å²) in [7, 11) is 0. The third-order valence-corrected chi connectivity index (χ3v) is 3.13. The zero-order chi connectivity index (χ0) is 15.2. The summed E-state index contributed by atoms with van der Waals surface area (Å²) in [5.74, 6) is -1.57. The van der Waals surface area contributed by atoms with E-state index in [1.807, 2.05) is 18.2 Å². The number of nitrogens with zero attached hydrogens (tertiary/aromatic N) is 1. The van der Waals surface area contributed by atoms with Crippen molar-refractivity contribution in [3.05, 3.63) is 42.1 Å². The van der Waals surface area contributed by atoms with Crippen LogP contribution < -0.4 is 11.1 Å². The first-order chi connectivity index (χ1) is 10.1. The van der Waals surface area contributed by atoms with E-state index in [9.17, 15) is 9.59 Å². The Labute approximate surface area is 122 Å². The van der Waals surface area contributed by atoms with E-state index in [0.29, 0.717) is 24.9 Å². The van der Waals surface area contributed by atoms with Gasteiger partial charge in [-0.1, -0.05) is 24.3 Å². The lowest BCUT2D eigenvalue weighted by molar-refractivity contribution is -0.139. The van der Waals surface area contributed by atoms with Crippen LogP contribution in [0.2, 0.25) is 0 Å². The number of pyridine rings is 1. The van der Waals surface area contributed by atoms with Gasteiger partial charge in [0.15, 0.2) is 0 Å². The van der Waals surface area contributed by atoms with Gasteiger partial charge in [-0.15, -0.1) is 0 Å². The maximum Gasteiger partial charge on any atom is 0.326 e. The van der Waals surface area contributed by atoms with Gasteiger partial charge < -0.3 is 16.2 Å². The molecule has 6 heteroatoms. The molecule has 1 heterocycles. The van der Waals surface area contributed by atoms with Gasteiger partial charge in [0, 0.05) is 5.39 Å². The number of benzene rings is 1. The van der Waals surface area contributed by atoms with Crippen molar-refractivity contribution in [2.45, 2.75) is 18.9 Å². The molecule has 0 radical (unpaired) electrons. The molecule has 2 aromatic rings. The molecule has 110 valence electrons. The number of carbonyl (C=O) groups excluding carboxylic acids is 1. The highest BCUT2D eigenvalue weighted by atomic mass is 16.4. The lowest BCUT2D eigenvalue weighted by atomic mass is 10.1. The van der Waals surface area contributed by atoms with Gasteiger partial charge in [-0.05, 0) is 31.5 Å². The van der Waals surface area contributed by atoms with Crippen LogP contribution >= 0.6 is 0 Å². The van der Waals surface area contributed by atoms with Crippen molar-refractivity contribution in [1.29, 1.82) is 0 Å². The molecule has 0 bridgehead atoms. The van der Waals surface area contributed by atoms with Crippen LogP contribution in [0.1, 0.15) is 23.3 Å². The average Bonchev–Trinajstić information content (AvgIpc) is 2.50. The van der Waals surface area contributed by atoms with Crippen molar-refractivity contribution in [2.24, 2.45) is 5.73 Å². The van der Waals surface area contributed by atoms with Gasteiger partial charge in [-0.2, -0.15) is 0 Å². The monoisotopic (exact) mass is 287 g/mol. The summed E-state index contributed by atoms with van der Waals surface area (Å²) in [6, 6.07) is 9.83. The Morgan fingerprint density at radius 2 is 2.00 bits per heavy atom. The zero-order valence-electron chi connectivity index (χ0n) is 11.5. The maximum atomic E-state index is 12.1. The number of amides is 1. The van der Waals surface area contributed by atoms with Gasteiger partial charge >= 0.3 is 5.97 Å². The van der Waals surface area contributed by atoms with Crippen LogP contribution in [-0.4, -0.2) is 34.6 Å². The number of carboxylic acids is 1. The second kappa shape index (κ2) is 6.81. The molecule has 0 aliphatic rings. The van der Waals surface area contributed by atoms with Gasteiger partial charge in [0.25, 0.3) is 5.91 Å². The minimum Gasteiger partial charge on any atom is -0.480 e. The van der Waals surface area contributed by atoms with Gasteiger partial charge in [-0.25, -0.2) is 9.78 Å². The van der Waals surface area contributed by atoms with Gasteiger partial charge in [0.1, 0.15) is 11.7 Å². The molecule has 0 unspecified atom stereocenters. The quantitative estimate of drug-likeness (QED) is 0.739. The second-order valence-electron chi connectivity index (χ2n) is 4.68. The first-order valence-electron chi connectivity index (χ1n) is 6.71. The molecule has 0 saturated carbocycles. The van der Waals surface area contributed by atoms with E-state index in [0.717, 1.165) is 5.39 Å². The van der Waals surface area contributed by atoms with Crippen LogP contribution in [0.25, 0.3) is 10.9 Å². The van der Waals surface area contributed by atoms with Crippen molar-refractivity contribution in [1.82, 2.24) is 10.3 Å². The topological polar surface area (TPSA) is 105 Å². The average molecular weight is 287 g/mol. The van der Waals surface area contributed by atoms with Crippen LogP contribution in [0, 0.1) is 0 Å². The number of fused-ring (bicyclic) bond motifs is 1. The molecular weight excluding hydrogens is 270 g/mol. The smallest absolute Gasteiger partial charge is 0.326 e. The molecule has 0 fully saturated rings. The number of hydrogen-bond donors (Lipinski definition) is 3. The molecule has 0 spiro atoms. The number of aromatic nitrogens is 1. The lowest BCUT2D eigenvalue weighted by Crippen LogP contribution is -2.41. The highest BCUT2D eigenvalue weighted by molar-refractivity contribution is 5.96. The van der Waals surface area contributed by atoms with Crippen molar-refractivity contribution in [3.63, 3.8) is 0 Å². The zero-order valence-corrected chi connectivity index (χ0v) is 11.5.